The fourth-order valence-electron chi connectivity index (χ4n) is 1.23. The molecule has 1 heterocycles. The Morgan fingerprint density at radius 2 is 2.27 bits per heavy atom. The van der Waals surface area contributed by atoms with Crippen LogP contribution in [0.2, 0.25) is 5.02 Å². The first-order valence-electron chi connectivity index (χ1n) is 4.31. The summed E-state index contributed by atoms with van der Waals surface area (Å²) in [5.41, 5.74) is 1.58. The van der Waals surface area contributed by atoms with Crippen molar-refractivity contribution in [2.24, 2.45) is 0 Å². The average molecular weight is 288 g/mol. The molecular formula is C10H8BrClN2O. The van der Waals surface area contributed by atoms with Crippen LogP contribution in [0.1, 0.15) is 5.69 Å². The number of hydrogen-bond donors (Lipinski definition) is 2. The second-order valence-corrected chi connectivity index (χ2v) is 4.31. The normalized spacial score (nSPS) is 10.6. The van der Waals surface area contributed by atoms with Crippen LogP contribution >= 0.6 is 27.5 Å². The highest BCUT2D eigenvalue weighted by Gasteiger charge is 2.05. The molecule has 78 valence electrons. The third-order valence-electron chi connectivity index (χ3n) is 1.99. The Bertz CT molecular complexity index is 484. The van der Waals surface area contributed by atoms with Gasteiger partial charge in [-0.15, -0.1) is 0 Å². The van der Waals surface area contributed by atoms with Crippen molar-refractivity contribution in [3.8, 4) is 11.4 Å². The summed E-state index contributed by atoms with van der Waals surface area (Å²) in [6.45, 7) is -0.0444. The van der Waals surface area contributed by atoms with Crippen LogP contribution in [0, 0.1) is 0 Å². The summed E-state index contributed by atoms with van der Waals surface area (Å²) in [6, 6.07) is 5.57. The largest absolute Gasteiger partial charge is 0.390 e. The summed E-state index contributed by atoms with van der Waals surface area (Å²) in [5.74, 6) is 0.702. The summed E-state index contributed by atoms with van der Waals surface area (Å²) in [7, 11) is 0. The molecule has 0 fully saturated rings. The quantitative estimate of drug-likeness (QED) is 0.892. The first kappa shape index (κ1) is 10.7. The lowest BCUT2D eigenvalue weighted by Gasteiger charge is -1.99. The molecule has 0 atom stereocenters. The number of hydrogen-bond acceptors (Lipinski definition) is 2. The Balaban J connectivity index is 2.40. The zero-order chi connectivity index (χ0) is 10.8. The summed E-state index contributed by atoms with van der Waals surface area (Å²) >= 11 is 9.28. The van der Waals surface area contributed by atoms with Crippen LogP contribution in [0.15, 0.2) is 28.9 Å². The van der Waals surface area contributed by atoms with E-state index >= 15 is 0 Å². The maximum atomic E-state index is 8.89. The molecule has 0 bridgehead atoms. The van der Waals surface area contributed by atoms with Gasteiger partial charge in [-0.25, -0.2) is 4.98 Å². The van der Waals surface area contributed by atoms with Gasteiger partial charge in [0.2, 0.25) is 0 Å². The molecule has 0 saturated heterocycles. The molecule has 0 unspecified atom stereocenters. The second kappa shape index (κ2) is 4.35. The number of aliphatic hydroxyl groups excluding tert-OH is 1. The average Bonchev–Trinajstić information content (AvgIpc) is 2.70. The van der Waals surface area contributed by atoms with E-state index in [9.17, 15) is 0 Å². The van der Waals surface area contributed by atoms with Gasteiger partial charge in [-0.2, -0.15) is 0 Å². The van der Waals surface area contributed by atoms with Gasteiger partial charge in [-0.1, -0.05) is 17.7 Å². The maximum Gasteiger partial charge on any atom is 0.137 e. The minimum absolute atomic E-state index is 0.0444. The molecule has 2 rings (SSSR count). The Hall–Kier alpha value is -0.840. The zero-order valence-electron chi connectivity index (χ0n) is 7.67. The summed E-state index contributed by atoms with van der Waals surface area (Å²) in [4.78, 5) is 7.13. The molecule has 1 aromatic heterocycles. The Morgan fingerprint density at radius 3 is 2.87 bits per heavy atom. The number of nitrogens with one attached hydrogen (secondary N) is 1. The molecule has 0 radical (unpaired) electrons. The molecular weight excluding hydrogens is 279 g/mol. The van der Waals surface area contributed by atoms with Gasteiger partial charge in [-0.3, -0.25) is 0 Å². The standard InChI is InChI=1S/C10H8BrClN2O/c11-8-2-1-6(3-9(8)12)10-13-4-7(5-15)14-10/h1-4,15H,5H2,(H,13,14). The van der Waals surface area contributed by atoms with E-state index in [1.165, 1.54) is 0 Å². The first-order valence-corrected chi connectivity index (χ1v) is 5.48. The predicted octanol–water partition coefficient (Wildman–Crippen LogP) is 2.98. The van der Waals surface area contributed by atoms with Crippen molar-refractivity contribution in [3.63, 3.8) is 0 Å². The fraction of sp³-hybridized carbons (Fsp3) is 0.100. The monoisotopic (exact) mass is 286 g/mol. The van der Waals surface area contributed by atoms with Crippen molar-refractivity contribution >= 4 is 27.5 Å². The Kier molecular flexibility index (Phi) is 3.09. The highest BCUT2D eigenvalue weighted by Crippen LogP contribution is 2.27. The molecule has 2 N–H and O–H groups in total. The van der Waals surface area contributed by atoms with Gasteiger partial charge in [0.1, 0.15) is 5.82 Å². The van der Waals surface area contributed by atoms with Gasteiger partial charge in [0.05, 0.1) is 23.5 Å². The highest BCUT2D eigenvalue weighted by atomic mass is 79.9. The first-order chi connectivity index (χ1) is 7.20. The maximum absolute atomic E-state index is 8.89. The summed E-state index contributed by atoms with van der Waals surface area (Å²) in [6.07, 6.45) is 1.60. The van der Waals surface area contributed by atoms with E-state index in [1.54, 1.807) is 6.20 Å². The van der Waals surface area contributed by atoms with E-state index in [2.05, 4.69) is 25.9 Å². The minimum Gasteiger partial charge on any atom is -0.390 e. The van der Waals surface area contributed by atoms with E-state index in [4.69, 9.17) is 16.7 Å². The lowest BCUT2D eigenvalue weighted by Crippen LogP contribution is -1.83. The molecule has 3 nitrogen and oxygen atoms in total. The van der Waals surface area contributed by atoms with Crippen LogP contribution < -0.4 is 0 Å². The molecule has 1 aromatic carbocycles. The van der Waals surface area contributed by atoms with Crippen LogP contribution in [-0.4, -0.2) is 15.1 Å². The van der Waals surface area contributed by atoms with Gasteiger partial charge in [0, 0.05) is 10.0 Å². The summed E-state index contributed by atoms with van der Waals surface area (Å²) < 4.78 is 0.849. The van der Waals surface area contributed by atoms with Crippen molar-refractivity contribution in [2.75, 3.05) is 0 Å². The highest BCUT2D eigenvalue weighted by molar-refractivity contribution is 9.10. The number of H-pyrrole nitrogens is 1. The van der Waals surface area contributed by atoms with Crippen molar-refractivity contribution in [1.29, 1.82) is 0 Å². The molecule has 0 saturated carbocycles. The van der Waals surface area contributed by atoms with Crippen molar-refractivity contribution in [3.05, 3.63) is 39.6 Å². The number of halogens is 2. The van der Waals surface area contributed by atoms with Gasteiger partial charge >= 0.3 is 0 Å². The molecule has 2 aromatic rings. The predicted molar refractivity (Wildman–Crippen MR) is 62.7 cm³/mol. The van der Waals surface area contributed by atoms with E-state index < -0.39 is 0 Å². The minimum atomic E-state index is -0.0444. The van der Waals surface area contributed by atoms with Gasteiger partial charge in [-0.05, 0) is 28.1 Å². The Labute approximate surface area is 100 Å². The lowest BCUT2D eigenvalue weighted by molar-refractivity contribution is 0.277. The zero-order valence-corrected chi connectivity index (χ0v) is 10.0. The number of nitrogens with zero attached hydrogens (tertiary/aromatic N) is 1. The van der Waals surface area contributed by atoms with Gasteiger partial charge < -0.3 is 10.1 Å². The van der Waals surface area contributed by atoms with Crippen LogP contribution in [0.4, 0.5) is 0 Å². The number of aromatic nitrogens is 2. The Morgan fingerprint density at radius 1 is 1.47 bits per heavy atom. The van der Waals surface area contributed by atoms with Crippen LogP contribution in [-0.2, 0) is 6.61 Å². The lowest BCUT2D eigenvalue weighted by atomic mass is 10.2. The van der Waals surface area contributed by atoms with Crippen molar-refractivity contribution < 1.29 is 5.11 Å². The van der Waals surface area contributed by atoms with Crippen molar-refractivity contribution in [2.45, 2.75) is 6.61 Å². The van der Waals surface area contributed by atoms with Crippen LogP contribution in [0.25, 0.3) is 11.4 Å². The molecule has 0 aliphatic heterocycles. The molecule has 0 spiro atoms. The smallest absolute Gasteiger partial charge is 0.137 e. The molecule has 15 heavy (non-hydrogen) atoms. The second-order valence-electron chi connectivity index (χ2n) is 3.04. The topological polar surface area (TPSA) is 48.9 Å². The third-order valence-corrected chi connectivity index (χ3v) is 3.22. The molecule has 5 heteroatoms. The van der Waals surface area contributed by atoms with E-state index in [1.807, 2.05) is 18.2 Å². The molecule has 0 aliphatic rings. The SMILES string of the molecule is OCc1cnc(-c2ccc(Br)c(Cl)c2)[nH]1. The van der Waals surface area contributed by atoms with E-state index in [0.29, 0.717) is 16.5 Å². The van der Waals surface area contributed by atoms with Crippen LogP contribution in [0.5, 0.6) is 0 Å². The molecule has 0 aliphatic carbocycles. The van der Waals surface area contributed by atoms with E-state index in [0.717, 1.165) is 10.0 Å². The number of rotatable bonds is 2. The van der Waals surface area contributed by atoms with Gasteiger partial charge in [0.25, 0.3) is 0 Å². The van der Waals surface area contributed by atoms with Crippen LogP contribution in [0.3, 0.4) is 0 Å². The van der Waals surface area contributed by atoms with E-state index in [-0.39, 0.29) is 6.61 Å². The van der Waals surface area contributed by atoms with Crippen molar-refractivity contribution in [1.82, 2.24) is 9.97 Å². The number of aromatic amines is 1. The fourth-order valence-corrected chi connectivity index (χ4v) is 1.66. The molecule has 0 amide bonds. The van der Waals surface area contributed by atoms with Gasteiger partial charge in [0.15, 0.2) is 0 Å². The third kappa shape index (κ3) is 2.22. The number of benzene rings is 1. The number of imidazole rings is 1. The number of aliphatic hydroxyl groups is 1. The summed E-state index contributed by atoms with van der Waals surface area (Å²) in [5, 5.41) is 9.53.